The van der Waals surface area contributed by atoms with E-state index in [9.17, 15) is 14.4 Å². The van der Waals surface area contributed by atoms with Gasteiger partial charge in [0.25, 0.3) is 5.91 Å². The van der Waals surface area contributed by atoms with Crippen LogP contribution in [0.4, 0.5) is 11.4 Å². The van der Waals surface area contributed by atoms with E-state index in [0.29, 0.717) is 29.1 Å². The molecule has 0 bridgehead atoms. The maximum absolute atomic E-state index is 12.5. The van der Waals surface area contributed by atoms with Crippen LogP contribution in [0.1, 0.15) is 31.9 Å². The number of carbonyl (C=O) groups excluding carboxylic acids is 3. The number of nitrogens with one attached hydrogen (secondary N) is 3. The third-order valence-corrected chi connectivity index (χ3v) is 5.13. The minimum Gasteiger partial charge on any atom is -0.478 e. The molecule has 3 aromatic rings. The van der Waals surface area contributed by atoms with Crippen LogP contribution in [0.5, 0.6) is 5.75 Å². The predicted octanol–water partition coefficient (Wildman–Crippen LogP) is 3.16. The lowest BCUT2D eigenvalue weighted by Gasteiger charge is -2.26. The highest BCUT2D eigenvalue weighted by Gasteiger charge is 2.27. The first-order valence-electron chi connectivity index (χ1n) is 10.0. The molecule has 3 N–H and O–H groups in total. The molecule has 0 saturated carbocycles. The van der Waals surface area contributed by atoms with Crippen LogP contribution in [-0.4, -0.2) is 28.8 Å². The number of amides is 3. The largest absolute Gasteiger partial charge is 0.478 e. The molecule has 3 amide bonds. The molecule has 8 heteroatoms. The summed E-state index contributed by atoms with van der Waals surface area (Å²) < 4.78 is 5.75. The van der Waals surface area contributed by atoms with Gasteiger partial charge in [-0.3, -0.25) is 19.4 Å². The minimum absolute atomic E-state index is 0.177. The Morgan fingerprint density at radius 2 is 1.97 bits per heavy atom. The number of carbonyl (C=O) groups is 3. The number of ether oxygens (including phenoxy) is 1. The third-order valence-electron chi connectivity index (χ3n) is 5.13. The normalized spacial score (nSPS) is 15.9. The van der Waals surface area contributed by atoms with Crippen molar-refractivity contribution in [2.75, 3.05) is 10.6 Å². The summed E-state index contributed by atoms with van der Waals surface area (Å²) in [6.07, 6.45) is 1.63. The second kappa shape index (κ2) is 8.43. The first kappa shape index (κ1) is 20.3. The highest BCUT2D eigenvalue weighted by molar-refractivity contribution is 6.40. The molecule has 1 aliphatic rings. The Hall–Kier alpha value is -3.94. The van der Waals surface area contributed by atoms with Gasteiger partial charge in [-0.1, -0.05) is 31.2 Å². The van der Waals surface area contributed by atoms with Gasteiger partial charge in [-0.2, -0.15) is 0 Å². The summed E-state index contributed by atoms with van der Waals surface area (Å²) in [5.41, 5.74) is 2.41. The van der Waals surface area contributed by atoms with E-state index in [1.807, 2.05) is 19.1 Å². The molecule has 0 radical (unpaired) electrons. The van der Waals surface area contributed by atoms with Crippen molar-refractivity contribution in [2.45, 2.75) is 32.4 Å². The smallest absolute Gasteiger partial charge is 0.313 e. The number of nitrogens with zero attached hydrogens (tertiary/aromatic N) is 1. The van der Waals surface area contributed by atoms with Crippen molar-refractivity contribution in [2.24, 2.45) is 0 Å². The second-order valence-electron chi connectivity index (χ2n) is 7.29. The molecular formula is C23H22N4O4. The highest BCUT2D eigenvalue weighted by Crippen LogP contribution is 2.33. The zero-order chi connectivity index (χ0) is 22.0. The zero-order valence-electron chi connectivity index (χ0n) is 17.1. The second-order valence-corrected chi connectivity index (χ2v) is 7.29. The van der Waals surface area contributed by atoms with E-state index in [0.717, 1.165) is 10.9 Å². The first-order valence-corrected chi connectivity index (χ1v) is 10.0. The molecule has 1 aliphatic heterocycles. The van der Waals surface area contributed by atoms with E-state index in [1.54, 1.807) is 49.5 Å². The summed E-state index contributed by atoms with van der Waals surface area (Å²) in [5.74, 6) is -1.18. The van der Waals surface area contributed by atoms with E-state index in [1.165, 1.54) is 0 Å². The summed E-state index contributed by atoms with van der Waals surface area (Å²) in [5, 5.41) is 8.98. The van der Waals surface area contributed by atoms with Crippen molar-refractivity contribution < 1.29 is 19.1 Å². The fraction of sp³-hybridized carbons (Fsp3) is 0.217. The molecule has 0 spiro atoms. The lowest BCUT2D eigenvalue weighted by Crippen LogP contribution is -2.37. The lowest BCUT2D eigenvalue weighted by atomic mass is 10.1. The number of rotatable bonds is 4. The molecule has 1 aromatic heterocycles. The van der Waals surface area contributed by atoms with Gasteiger partial charge >= 0.3 is 11.8 Å². The van der Waals surface area contributed by atoms with Crippen molar-refractivity contribution in [1.29, 1.82) is 0 Å². The van der Waals surface area contributed by atoms with Gasteiger partial charge in [-0.05, 0) is 43.2 Å². The molecule has 2 unspecified atom stereocenters. The van der Waals surface area contributed by atoms with Gasteiger partial charge in [0.15, 0.2) is 6.10 Å². The number of anilines is 2. The van der Waals surface area contributed by atoms with Crippen LogP contribution in [0, 0.1) is 0 Å². The Morgan fingerprint density at radius 1 is 1.16 bits per heavy atom. The summed E-state index contributed by atoms with van der Waals surface area (Å²) in [6.45, 7) is 3.64. The summed E-state index contributed by atoms with van der Waals surface area (Å²) in [4.78, 5) is 41.1. The standard InChI is InChI=1S/C23H22N4O4/c1-3-18-21(28)26-16-10-9-15(12-19(16)31-18)13(2)25-22(29)23(30)27-17-8-4-6-14-7-5-11-24-20(14)17/h4-13,18H,3H2,1-2H3,(H,25,29)(H,26,28)(H,27,30). The lowest BCUT2D eigenvalue weighted by molar-refractivity contribution is -0.136. The Balaban J connectivity index is 1.45. The molecule has 158 valence electrons. The SMILES string of the molecule is CCC1Oc2cc(C(C)NC(=O)C(=O)Nc3cccc4cccnc34)ccc2NC1=O. The maximum Gasteiger partial charge on any atom is 0.313 e. The molecule has 2 heterocycles. The topological polar surface area (TPSA) is 109 Å². The third kappa shape index (κ3) is 4.18. The number of aromatic nitrogens is 1. The fourth-order valence-electron chi connectivity index (χ4n) is 3.43. The number of hydrogen-bond donors (Lipinski definition) is 3. The Morgan fingerprint density at radius 3 is 2.77 bits per heavy atom. The molecule has 0 fully saturated rings. The molecule has 4 rings (SSSR count). The number of fused-ring (bicyclic) bond motifs is 2. The van der Waals surface area contributed by atoms with E-state index >= 15 is 0 Å². The van der Waals surface area contributed by atoms with Gasteiger partial charge in [0.05, 0.1) is 22.9 Å². The van der Waals surface area contributed by atoms with Crippen molar-refractivity contribution >= 4 is 40.0 Å². The van der Waals surface area contributed by atoms with E-state index < -0.39 is 24.0 Å². The van der Waals surface area contributed by atoms with Crippen LogP contribution in [0.25, 0.3) is 10.9 Å². The molecular weight excluding hydrogens is 396 g/mol. The number of benzene rings is 2. The summed E-state index contributed by atoms with van der Waals surface area (Å²) in [7, 11) is 0. The zero-order valence-corrected chi connectivity index (χ0v) is 17.1. The number of hydrogen-bond acceptors (Lipinski definition) is 5. The molecule has 2 aromatic carbocycles. The van der Waals surface area contributed by atoms with Crippen molar-refractivity contribution in [1.82, 2.24) is 10.3 Å². The highest BCUT2D eigenvalue weighted by atomic mass is 16.5. The van der Waals surface area contributed by atoms with E-state index in [2.05, 4.69) is 20.9 Å². The molecule has 31 heavy (non-hydrogen) atoms. The summed E-state index contributed by atoms with van der Waals surface area (Å²) >= 11 is 0. The average molecular weight is 418 g/mol. The van der Waals surface area contributed by atoms with Gasteiger partial charge in [-0.15, -0.1) is 0 Å². The molecule has 8 nitrogen and oxygen atoms in total. The van der Waals surface area contributed by atoms with E-state index in [4.69, 9.17) is 4.74 Å². The molecule has 2 atom stereocenters. The van der Waals surface area contributed by atoms with E-state index in [-0.39, 0.29) is 5.91 Å². The Labute approximate surface area is 179 Å². The summed E-state index contributed by atoms with van der Waals surface area (Å²) in [6, 6.07) is 13.8. The van der Waals surface area contributed by atoms with Crippen LogP contribution in [0.15, 0.2) is 54.7 Å². The van der Waals surface area contributed by atoms with Crippen LogP contribution in [0.2, 0.25) is 0 Å². The van der Waals surface area contributed by atoms with Crippen LogP contribution < -0.4 is 20.7 Å². The molecule has 0 aliphatic carbocycles. The van der Waals surface area contributed by atoms with Crippen LogP contribution in [0.3, 0.4) is 0 Å². The van der Waals surface area contributed by atoms with Crippen LogP contribution >= 0.6 is 0 Å². The van der Waals surface area contributed by atoms with Crippen molar-refractivity contribution in [3.8, 4) is 5.75 Å². The quantitative estimate of drug-likeness (QED) is 0.564. The first-order chi connectivity index (χ1) is 15.0. The molecule has 0 saturated heterocycles. The fourth-order valence-corrected chi connectivity index (χ4v) is 3.43. The van der Waals surface area contributed by atoms with Gasteiger partial charge < -0.3 is 20.7 Å². The average Bonchev–Trinajstić information content (AvgIpc) is 2.78. The number of para-hydroxylation sites is 1. The van der Waals surface area contributed by atoms with Crippen molar-refractivity contribution in [3.63, 3.8) is 0 Å². The van der Waals surface area contributed by atoms with Gasteiger partial charge in [0.2, 0.25) is 0 Å². The Bertz CT molecular complexity index is 1170. The van der Waals surface area contributed by atoms with Gasteiger partial charge in [0, 0.05) is 11.6 Å². The van der Waals surface area contributed by atoms with Crippen molar-refractivity contribution in [3.05, 3.63) is 60.3 Å². The van der Waals surface area contributed by atoms with Gasteiger partial charge in [0.1, 0.15) is 5.75 Å². The predicted molar refractivity (Wildman–Crippen MR) is 117 cm³/mol. The monoisotopic (exact) mass is 418 g/mol. The number of pyridine rings is 1. The minimum atomic E-state index is -0.780. The Kier molecular flexibility index (Phi) is 5.53. The maximum atomic E-state index is 12.5. The van der Waals surface area contributed by atoms with Crippen LogP contribution in [-0.2, 0) is 14.4 Å². The van der Waals surface area contributed by atoms with Gasteiger partial charge in [-0.25, -0.2) is 0 Å².